The van der Waals surface area contributed by atoms with Gasteiger partial charge in [0.15, 0.2) is 17.7 Å². The van der Waals surface area contributed by atoms with Crippen molar-refractivity contribution in [1.82, 2.24) is 40.5 Å². The van der Waals surface area contributed by atoms with Crippen molar-refractivity contribution in [3.63, 3.8) is 0 Å². The number of hydrogen-bond acceptors (Lipinski definition) is 9. The Bertz CT molecular complexity index is 1800. The fraction of sp³-hybridized carbons (Fsp3) is 0.567. The lowest BCUT2D eigenvalue weighted by molar-refractivity contribution is -0.155. The predicted molar refractivity (Wildman–Crippen MR) is 150 cm³/mol. The molecule has 17 heteroatoms. The normalized spacial score (nSPS) is 24.0. The molecule has 0 bridgehead atoms. The third-order valence-corrected chi connectivity index (χ3v) is 9.59. The Morgan fingerprint density at radius 1 is 1.17 bits per heavy atom. The van der Waals surface area contributed by atoms with E-state index in [1.807, 2.05) is 0 Å². The second kappa shape index (κ2) is 11.4. The van der Waals surface area contributed by atoms with E-state index >= 15 is 0 Å². The summed E-state index contributed by atoms with van der Waals surface area (Å²) in [6.45, 7) is 1.65. The SMILES string of the molecule is Cc1ncoc1C[C@]1(Cc2cnn3cc([C@@H](NC(=O)c4nonc4C4CC4)C4CCC(F)(F)CC4)nc3c2)C[C@@H](C(F)(F)F)NC1=O. The van der Waals surface area contributed by atoms with Crippen LogP contribution in [0.4, 0.5) is 22.0 Å². The van der Waals surface area contributed by atoms with E-state index in [1.54, 1.807) is 19.2 Å². The molecule has 0 radical (unpaired) electrons. The number of carbonyl (C=O) groups excluding carboxylic acids is 2. The summed E-state index contributed by atoms with van der Waals surface area (Å²) in [4.78, 5) is 35.3. The van der Waals surface area contributed by atoms with Gasteiger partial charge in [0, 0.05) is 25.2 Å². The zero-order valence-electron chi connectivity index (χ0n) is 25.2. The van der Waals surface area contributed by atoms with Crippen LogP contribution in [0.1, 0.15) is 95.8 Å². The lowest BCUT2D eigenvalue weighted by Crippen LogP contribution is -2.39. The van der Waals surface area contributed by atoms with Gasteiger partial charge in [0.25, 0.3) is 5.91 Å². The van der Waals surface area contributed by atoms with Gasteiger partial charge in [0.1, 0.15) is 17.5 Å². The van der Waals surface area contributed by atoms with E-state index < -0.39 is 47.8 Å². The molecule has 1 saturated heterocycles. The molecule has 250 valence electrons. The zero-order valence-corrected chi connectivity index (χ0v) is 25.2. The van der Waals surface area contributed by atoms with E-state index in [4.69, 9.17) is 9.05 Å². The smallest absolute Gasteiger partial charge is 0.408 e. The Hall–Kier alpha value is -4.44. The minimum Gasteiger partial charge on any atom is -0.448 e. The number of oxazole rings is 1. The van der Waals surface area contributed by atoms with Gasteiger partial charge in [-0.1, -0.05) is 5.16 Å². The van der Waals surface area contributed by atoms with Gasteiger partial charge in [-0.05, 0) is 68.2 Å². The number of carbonyl (C=O) groups is 2. The maximum Gasteiger partial charge on any atom is 0.408 e. The fourth-order valence-electron chi connectivity index (χ4n) is 6.80. The van der Waals surface area contributed by atoms with Gasteiger partial charge in [-0.2, -0.15) is 18.3 Å². The minimum atomic E-state index is -4.64. The lowest BCUT2D eigenvalue weighted by Gasteiger charge is -2.33. The molecule has 3 atom stereocenters. The molecule has 7 rings (SSSR count). The van der Waals surface area contributed by atoms with Crippen LogP contribution >= 0.6 is 0 Å². The molecule has 0 spiro atoms. The highest BCUT2D eigenvalue weighted by molar-refractivity contribution is 5.93. The van der Waals surface area contributed by atoms with E-state index in [2.05, 4.69) is 36.0 Å². The Balaban J connectivity index is 1.19. The van der Waals surface area contributed by atoms with Crippen LogP contribution in [0, 0.1) is 18.3 Å². The average molecular weight is 663 g/mol. The number of nitrogens with one attached hydrogen (secondary N) is 2. The summed E-state index contributed by atoms with van der Waals surface area (Å²) < 4.78 is 81.1. The van der Waals surface area contributed by atoms with Crippen LogP contribution in [0.5, 0.6) is 0 Å². The number of aryl methyl sites for hydroxylation is 1. The lowest BCUT2D eigenvalue weighted by atomic mass is 9.75. The Labute approximate surface area is 263 Å². The van der Waals surface area contributed by atoms with Gasteiger partial charge in [0.2, 0.25) is 11.8 Å². The standard InChI is InChI=1S/C30H31F5N8O4/c1-15-20(46-14-36-15)10-28(11-21(30(33,34)35)39-27(28)45)9-16-8-22-38-19(13-43(22)37-12-16)23(18-4-6-29(31,32)7-5-18)40-26(44)25-24(17-2-3-17)41-47-42-25/h8,12-14,17-18,21,23H,2-7,9-11H2,1H3,(H,39,45)(H,40,44)/t21-,23-,28+/m0/s1. The third-order valence-electron chi connectivity index (χ3n) is 9.59. The summed E-state index contributed by atoms with van der Waals surface area (Å²) in [5.74, 6) is -4.10. The molecule has 2 amide bonds. The summed E-state index contributed by atoms with van der Waals surface area (Å²) in [7, 11) is 0. The molecule has 2 N–H and O–H groups in total. The van der Waals surface area contributed by atoms with Crippen LogP contribution in [0.15, 0.2) is 33.9 Å². The van der Waals surface area contributed by atoms with Gasteiger partial charge in [-0.15, -0.1) is 0 Å². The highest BCUT2D eigenvalue weighted by Gasteiger charge is 2.56. The first-order chi connectivity index (χ1) is 22.3. The molecule has 2 saturated carbocycles. The summed E-state index contributed by atoms with van der Waals surface area (Å²) in [5, 5.41) is 17.1. The monoisotopic (exact) mass is 662 g/mol. The van der Waals surface area contributed by atoms with Crippen molar-refractivity contribution in [2.24, 2.45) is 11.3 Å². The second-order valence-corrected chi connectivity index (χ2v) is 13.0. The van der Waals surface area contributed by atoms with E-state index in [0.717, 1.165) is 12.8 Å². The van der Waals surface area contributed by atoms with Crippen molar-refractivity contribution in [2.75, 3.05) is 0 Å². The number of imidazole rings is 1. The van der Waals surface area contributed by atoms with Crippen molar-refractivity contribution in [2.45, 2.75) is 94.8 Å². The maximum atomic E-state index is 14.1. The molecule has 12 nitrogen and oxygen atoms in total. The molecular formula is C30H31F5N8O4. The van der Waals surface area contributed by atoms with Crippen LogP contribution in [-0.4, -0.2) is 59.9 Å². The molecule has 0 aromatic carbocycles. The largest absolute Gasteiger partial charge is 0.448 e. The number of alkyl halides is 5. The van der Waals surface area contributed by atoms with E-state index in [-0.39, 0.29) is 56.1 Å². The van der Waals surface area contributed by atoms with Crippen molar-refractivity contribution >= 4 is 17.5 Å². The van der Waals surface area contributed by atoms with Crippen LogP contribution in [0.2, 0.25) is 0 Å². The molecule has 1 aliphatic heterocycles. The number of rotatable bonds is 9. The Kier molecular flexibility index (Phi) is 7.54. The first kappa shape index (κ1) is 31.2. The number of halogens is 5. The van der Waals surface area contributed by atoms with Crippen molar-refractivity contribution in [3.8, 4) is 0 Å². The van der Waals surface area contributed by atoms with E-state index in [0.29, 0.717) is 34.1 Å². The number of fused-ring (bicyclic) bond motifs is 1. The van der Waals surface area contributed by atoms with E-state index in [1.165, 1.54) is 17.1 Å². The Morgan fingerprint density at radius 3 is 2.60 bits per heavy atom. The molecule has 0 unspecified atom stereocenters. The molecular weight excluding hydrogens is 631 g/mol. The van der Waals surface area contributed by atoms with Crippen LogP contribution in [-0.2, 0) is 17.6 Å². The first-order valence-corrected chi connectivity index (χ1v) is 15.4. The van der Waals surface area contributed by atoms with E-state index in [9.17, 15) is 31.5 Å². The number of nitrogens with zero attached hydrogens (tertiary/aromatic N) is 6. The number of aromatic nitrogens is 6. The molecule has 3 fully saturated rings. The van der Waals surface area contributed by atoms with Crippen LogP contribution < -0.4 is 10.6 Å². The van der Waals surface area contributed by atoms with Crippen molar-refractivity contribution in [1.29, 1.82) is 0 Å². The first-order valence-electron chi connectivity index (χ1n) is 15.4. The zero-order chi connectivity index (χ0) is 33.1. The van der Waals surface area contributed by atoms with Gasteiger partial charge in [-0.25, -0.2) is 27.9 Å². The summed E-state index contributed by atoms with van der Waals surface area (Å²) in [6, 6.07) is -1.19. The second-order valence-electron chi connectivity index (χ2n) is 13.0. The van der Waals surface area contributed by atoms with Gasteiger partial charge in [0.05, 0.1) is 35.2 Å². The van der Waals surface area contributed by atoms with Crippen LogP contribution in [0.3, 0.4) is 0 Å². The average Bonchev–Trinajstić information content (AvgIpc) is 3.31. The predicted octanol–water partition coefficient (Wildman–Crippen LogP) is 4.81. The topological polar surface area (TPSA) is 153 Å². The molecule has 3 aliphatic rings. The summed E-state index contributed by atoms with van der Waals surface area (Å²) >= 11 is 0. The maximum absolute atomic E-state index is 14.1. The third kappa shape index (κ3) is 6.18. The molecule has 4 aromatic heterocycles. The fourth-order valence-corrected chi connectivity index (χ4v) is 6.80. The van der Waals surface area contributed by atoms with Crippen LogP contribution in [0.25, 0.3) is 5.65 Å². The molecule has 5 heterocycles. The van der Waals surface area contributed by atoms with Gasteiger partial charge in [-0.3, -0.25) is 9.59 Å². The quantitative estimate of drug-likeness (QED) is 0.241. The molecule has 2 aliphatic carbocycles. The van der Waals surface area contributed by atoms with Crippen molar-refractivity contribution < 1.29 is 40.6 Å². The summed E-state index contributed by atoms with van der Waals surface area (Å²) in [6.07, 6.45) is 0.140. The number of amides is 2. The van der Waals surface area contributed by atoms with Crippen molar-refractivity contribution in [3.05, 3.63) is 59.0 Å². The van der Waals surface area contributed by atoms with Gasteiger partial charge < -0.3 is 15.1 Å². The number of hydrogen-bond donors (Lipinski definition) is 2. The molecule has 4 aromatic rings. The van der Waals surface area contributed by atoms with Gasteiger partial charge >= 0.3 is 6.18 Å². The summed E-state index contributed by atoms with van der Waals surface area (Å²) in [5.41, 5.74) is 0.581. The Morgan fingerprint density at radius 2 is 1.94 bits per heavy atom. The highest BCUT2D eigenvalue weighted by Crippen LogP contribution is 2.44. The minimum absolute atomic E-state index is 0.0436. The molecule has 47 heavy (non-hydrogen) atoms. The highest BCUT2D eigenvalue weighted by atomic mass is 19.4.